The van der Waals surface area contributed by atoms with Gasteiger partial charge in [0.15, 0.2) is 17.4 Å². The number of likely N-dealkylation sites (tertiary alicyclic amines) is 1. The van der Waals surface area contributed by atoms with Crippen molar-refractivity contribution in [2.24, 2.45) is 5.92 Å². The van der Waals surface area contributed by atoms with Gasteiger partial charge in [-0.25, -0.2) is 14.8 Å². The molecule has 0 bridgehead atoms. The van der Waals surface area contributed by atoms with Crippen LogP contribution in [-0.2, 0) is 26.2 Å². The number of nitrogens with zero attached hydrogens (tertiary/aromatic N) is 7. The molecule has 3 aromatic rings. The number of amidine groups is 1. The lowest BCUT2D eigenvalue weighted by molar-refractivity contribution is -0.149. The first-order chi connectivity index (χ1) is 26.3. The van der Waals surface area contributed by atoms with Gasteiger partial charge >= 0.3 is 5.97 Å². The summed E-state index contributed by atoms with van der Waals surface area (Å²) >= 11 is 1.36. The smallest absolute Gasteiger partial charge is 0.326 e. The zero-order valence-electron chi connectivity index (χ0n) is 31.8. The fourth-order valence-corrected chi connectivity index (χ4v) is 9.40. The van der Waals surface area contributed by atoms with Crippen molar-refractivity contribution in [1.29, 1.82) is 10.7 Å². The zero-order chi connectivity index (χ0) is 39.4. The number of carbonyl (C=O) groups excluding carboxylic acids is 2. The number of fused-ring (bicyclic) bond motifs is 1. The third-order valence-corrected chi connectivity index (χ3v) is 12.1. The van der Waals surface area contributed by atoms with E-state index in [0.29, 0.717) is 66.0 Å². The third-order valence-electron chi connectivity index (χ3n) is 11.0. The van der Waals surface area contributed by atoms with E-state index in [2.05, 4.69) is 38.3 Å². The lowest BCUT2D eigenvalue weighted by Crippen LogP contribution is -2.47. The summed E-state index contributed by atoms with van der Waals surface area (Å²) in [6, 6.07) is 4.92. The van der Waals surface area contributed by atoms with E-state index < -0.39 is 23.3 Å². The fraction of sp³-hybridized carbons (Fsp3) is 0.579. The Morgan fingerprint density at radius 1 is 1.25 bits per heavy atom. The van der Waals surface area contributed by atoms with E-state index in [0.717, 1.165) is 56.7 Å². The SMILES string of the molecule is CC(C)C(C(=O)N1CCC[C@H]1C(=O)O)c1cc(OCCCN2CCCN(c3ccnc(C(=N)NC(=O)[C@@]4(C)CCCc5sc(N)c(C#N)c54)n3)[C@@H](C)C2)no1. The molecule has 1 aliphatic carbocycles. The van der Waals surface area contributed by atoms with Crippen molar-refractivity contribution in [2.75, 3.05) is 50.0 Å². The quantitative estimate of drug-likeness (QED) is 0.116. The molecular formula is C38H50N10O6S. The van der Waals surface area contributed by atoms with Crippen LogP contribution >= 0.6 is 11.3 Å². The number of aryl methyl sites for hydroxylation is 1. The first-order valence-electron chi connectivity index (χ1n) is 19.0. The number of nitriles is 1. The summed E-state index contributed by atoms with van der Waals surface area (Å²) in [6.45, 7) is 11.7. The van der Waals surface area contributed by atoms with Gasteiger partial charge in [0.2, 0.25) is 11.8 Å². The predicted octanol–water partition coefficient (Wildman–Crippen LogP) is 3.90. The number of thiophene rings is 1. The number of ether oxygens (including phenoxy) is 1. The molecule has 3 aliphatic rings. The molecular weight excluding hydrogens is 725 g/mol. The highest BCUT2D eigenvalue weighted by atomic mass is 32.1. The molecule has 1 unspecified atom stereocenters. The van der Waals surface area contributed by atoms with E-state index in [1.54, 1.807) is 12.3 Å². The van der Waals surface area contributed by atoms with E-state index in [1.165, 1.54) is 16.2 Å². The zero-order valence-corrected chi connectivity index (χ0v) is 32.7. The molecule has 55 heavy (non-hydrogen) atoms. The van der Waals surface area contributed by atoms with Gasteiger partial charge in [0.25, 0.3) is 5.88 Å². The molecule has 2 saturated heterocycles. The number of anilines is 2. The number of nitrogens with one attached hydrogen (secondary N) is 2. The van der Waals surface area contributed by atoms with Crippen molar-refractivity contribution >= 4 is 45.8 Å². The highest BCUT2D eigenvalue weighted by molar-refractivity contribution is 7.16. The first-order valence-corrected chi connectivity index (χ1v) is 19.8. The van der Waals surface area contributed by atoms with Crippen molar-refractivity contribution in [1.82, 2.24) is 30.2 Å². The van der Waals surface area contributed by atoms with Crippen molar-refractivity contribution in [3.8, 4) is 11.9 Å². The van der Waals surface area contributed by atoms with Crippen molar-refractivity contribution in [3.05, 3.63) is 45.9 Å². The second-order valence-corrected chi connectivity index (χ2v) is 16.4. The van der Waals surface area contributed by atoms with E-state index >= 15 is 0 Å². The number of carbonyl (C=O) groups is 3. The molecule has 3 aromatic heterocycles. The number of amides is 2. The molecule has 0 saturated carbocycles. The van der Waals surface area contributed by atoms with Crippen LogP contribution in [0.3, 0.4) is 0 Å². The maximum atomic E-state index is 13.7. The molecule has 2 fully saturated rings. The largest absolute Gasteiger partial charge is 0.480 e. The van der Waals surface area contributed by atoms with Crippen LogP contribution in [0, 0.1) is 22.7 Å². The molecule has 2 aliphatic heterocycles. The molecule has 2 amide bonds. The highest BCUT2D eigenvalue weighted by Crippen LogP contribution is 2.45. The van der Waals surface area contributed by atoms with Crippen LogP contribution in [0.4, 0.5) is 10.8 Å². The van der Waals surface area contributed by atoms with E-state index in [-0.39, 0.29) is 35.4 Å². The summed E-state index contributed by atoms with van der Waals surface area (Å²) in [7, 11) is 0. The van der Waals surface area contributed by atoms with Gasteiger partial charge in [-0.3, -0.25) is 15.0 Å². The van der Waals surface area contributed by atoms with Gasteiger partial charge in [0, 0.05) is 54.9 Å². The van der Waals surface area contributed by atoms with Crippen LogP contribution in [-0.4, -0.2) is 105 Å². The van der Waals surface area contributed by atoms with Crippen LogP contribution in [0.1, 0.15) is 99.7 Å². The Kier molecular flexibility index (Phi) is 12.1. The Morgan fingerprint density at radius 2 is 2.05 bits per heavy atom. The number of aliphatic carboxylic acids is 1. The lowest BCUT2D eigenvalue weighted by atomic mass is 9.72. The second-order valence-electron chi connectivity index (χ2n) is 15.2. The number of nitrogen functional groups attached to an aromatic ring is 1. The molecule has 17 heteroatoms. The van der Waals surface area contributed by atoms with Gasteiger partial charge in [0.1, 0.15) is 28.8 Å². The number of nitrogens with two attached hydrogens (primary N) is 1. The minimum Gasteiger partial charge on any atom is -0.480 e. The Balaban J connectivity index is 1.01. The molecule has 5 N–H and O–H groups in total. The molecule has 0 radical (unpaired) electrons. The number of carboxylic acids is 1. The van der Waals surface area contributed by atoms with Crippen molar-refractivity contribution in [2.45, 2.75) is 96.1 Å². The van der Waals surface area contributed by atoms with Crippen LogP contribution in [0.5, 0.6) is 5.88 Å². The Hall–Kier alpha value is -5.08. The van der Waals surface area contributed by atoms with Gasteiger partial charge in [0.05, 0.1) is 17.6 Å². The van der Waals surface area contributed by atoms with E-state index in [4.69, 9.17) is 25.4 Å². The summed E-state index contributed by atoms with van der Waals surface area (Å²) in [5, 5.41) is 35.3. The number of rotatable bonds is 12. The normalized spacial score (nSPS) is 22.1. The molecule has 4 atom stereocenters. The Labute approximate surface area is 324 Å². The average Bonchev–Trinajstić information content (AvgIpc) is 3.88. The minimum absolute atomic E-state index is 0.0999. The maximum Gasteiger partial charge on any atom is 0.326 e. The monoisotopic (exact) mass is 774 g/mol. The summed E-state index contributed by atoms with van der Waals surface area (Å²) in [4.78, 5) is 54.8. The first kappa shape index (κ1) is 39.6. The van der Waals surface area contributed by atoms with Gasteiger partial charge < -0.3 is 40.1 Å². The molecule has 0 spiro atoms. The van der Waals surface area contributed by atoms with Crippen LogP contribution < -0.4 is 20.7 Å². The van der Waals surface area contributed by atoms with E-state index in [9.17, 15) is 24.8 Å². The average molecular weight is 775 g/mol. The number of aromatic nitrogens is 3. The van der Waals surface area contributed by atoms with Gasteiger partial charge in [-0.05, 0) is 82.5 Å². The van der Waals surface area contributed by atoms with Gasteiger partial charge in [-0.2, -0.15) is 5.26 Å². The summed E-state index contributed by atoms with van der Waals surface area (Å²) < 4.78 is 11.5. The molecule has 16 nitrogen and oxygen atoms in total. The van der Waals surface area contributed by atoms with Crippen LogP contribution in [0.25, 0.3) is 0 Å². The van der Waals surface area contributed by atoms with Crippen LogP contribution in [0.15, 0.2) is 22.9 Å². The molecule has 5 heterocycles. The maximum absolute atomic E-state index is 13.7. The number of carboxylic acid groups (broad SMARTS) is 1. The molecule has 294 valence electrons. The van der Waals surface area contributed by atoms with Crippen molar-refractivity contribution < 1.29 is 28.8 Å². The second kappa shape index (κ2) is 16.7. The van der Waals surface area contributed by atoms with Gasteiger partial charge in [-0.15, -0.1) is 11.3 Å². The fourth-order valence-electron chi connectivity index (χ4n) is 8.20. The molecule has 0 aromatic carbocycles. The third kappa shape index (κ3) is 8.30. The Morgan fingerprint density at radius 3 is 2.80 bits per heavy atom. The Bertz CT molecular complexity index is 1960. The summed E-state index contributed by atoms with van der Waals surface area (Å²) in [6.07, 6.45) is 6.41. The van der Waals surface area contributed by atoms with Gasteiger partial charge in [-0.1, -0.05) is 13.8 Å². The predicted molar refractivity (Wildman–Crippen MR) is 205 cm³/mol. The summed E-state index contributed by atoms with van der Waals surface area (Å²) in [5.74, 6) is -1.16. The minimum atomic E-state index is -0.998. The standard InChI is InChI=1S/C38H50N10O6S/c1-22(2)30(35(49)48-16-6-9-25(48)36(50)51)26-19-29(45-54-26)53-18-8-15-46-14-7-17-47(23(3)21-46)28-11-13-42-34(43-28)32(40)44-37(52)38(4)12-5-10-27-31(38)24(20-39)33(41)55-27/h11,13,19,22-23,25,30H,5-10,12,14-18,21,41H2,1-4H3,(H,50,51)(H2,40,44,52)/t23-,25-,30?,38-/m0/s1. The summed E-state index contributed by atoms with van der Waals surface area (Å²) in [5.41, 5.74) is 6.15. The van der Waals surface area contributed by atoms with Crippen LogP contribution in [0.2, 0.25) is 0 Å². The molecule has 6 rings (SSSR count). The highest BCUT2D eigenvalue weighted by Gasteiger charge is 2.44. The number of hydrogen-bond acceptors (Lipinski definition) is 14. The lowest BCUT2D eigenvalue weighted by Gasteiger charge is -2.33. The number of hydrogen-bond donors (Lipinski definition) is 4. The topological polar surface area (TPSA) is 228 Å². The van der Waals surface area contributed by atoms with Crippen molar-refractivity contribution in [3.63, 3.8) is 0 Å². The van der Waals surface area contributed by atoms with E-state index in [1.807, 2.05) is 26.8 Å².